The molecular weight excluding hydrogens is 254 g/mol. The van der Waals surface area contributed by atoms with Crippen molar-refractivity contribution in [1.82, 2.24) is 10.2 Å². The molecule has 0 fully saturated rings. The van der Waals surface area contributed by atoms with Gasteiger partial charge in [0.25, 0.3) is 5.91 Å². The Kier molecular flexibility index (Phi) is 3.08. The van der Waals surface area contributed by atoms with E-state index in [2.05, 4.69) is 27.6 Å². The van der Waals surface area contributed by atoms with Crippen molar-refractivity contribution >= 4 is 11.7 Å². The van der Waals surface area contributed by atoms with Gasteiger partial charge in [-0.05, 0) is 29.7 Å². The quantitative estimate of drug-likeness (QED) is 0.757. The Hall–Kier alpha value is -2.47. The van der Waals surface area contributed by atoms with Crippen molar-refractivity contribution in [2.45, 2.75) is 18.5 Å². The number of nitrogens with one attached hydrogen (secondary N) is 1. The molecule has 3 rings (SSSR count). The van der Waals surface area contributed by atoms with E-state index in [1.54, 1.807) is 12.1 Å². The molecule has 2 atom stereocenters. The highest BCUT2D eigenvalue weighted by Crippen LogP contribution is 2.32. The number of rotatable bonds is 3. The first kappa shape index (κ1) is 12.6. The van der Waals surface area contributed by atoms with Crippen LogP contribution in [0.2, 0.25) is 0 Å². The average Bonchev–Trinajstić information content (AvgIpc) is 2.76. The summed E-state index contributed by atoms with van der Waals surface area (Å²) in [5.74, 6) is -0.0147. The zero-order chi connectivity index (χ0) is 14.1. The molecule has 2 aromatic rings. The fraction of sp³-hybridized carbons (Fsp3) is 0.214. The standard InChI is InChI=1S/C14H15N5O/c15-10-7-8-3-1-2-4-9(8)13(10)17-12-6-5-11(14(16)20)18-19-12/h1-6,10,13H,7,15H2,(H2,16,20)(H,17,19). The third-order valence-corrected chi connectivity index (χ3v) is 3.49. The Morgan fingerprint density at radius 3 is 2.70 bits per heavy atom. The Balaban J connectivity index is 1.82. The third kappa shape index (κ3) is 2.21. The topological polar surface area (TPSA) is 107 Å². The van der Waals surface area contributed by atoms with Crippen LogP contribution in [0.5, 0.6) is 0 Å². The van der Waals surface area contributed by atoms with E-state index in [0.29, 0.717) is 5.82 Å². The average molecular weight is 269 g/mol. The summed E-state index contributed by atoms with van der Waals surface area (Å²) < 4.78 is 0. The van der Waals surface area contributed by atoms with Gasteiger partial charge in [-0.2, -0.15) is 0 Å². The molecule has 1 aromatic heterocycles. The first-order valence-electron chi connectivity index (χ1n) is 6.38. The van der Waals surface area contributed by atoms with Gasteiger partial charge in [0.15, 0.2) is 5.69 Å². The number of benzene rings is 1. The molecule has 1 aliphatic rings. The van der Waals surface area contributed by atoms with Gasteiger partial charge in [0.1, 0.15) is 5.82 Å². The molecule has 2 unspecified atom stereocenters. The maximum absolute atomic E-state index is 11.0. The Bertz CT molecular complexity index is 640. The highest BCUT2D eigenvalue weighted by molar-refractivity contribution is 5.90. The normalized spacial score (nSPS) is 20.4. The lowest BCUT2D eigenvalue weighted by Gasteiger charge is -2.18. The maximum Gasteiger partial charge on any atom is 0.269 e. The van der Waals surface area contributed by atoms with Gasteiger partial charge in [0.2, 0.25) is 0 Å². The van der Waals surface area contributed by atoms with Gasteiger partial charge in [-0.15, -0.1) is 10.2 Å². The molecule has 0 saturated heterocycles. The van der Waals surface area contributed by atoms with Crippen LogP contribution in [0, 0.1) is 0 Å². The summed E-state index contributed by atoms with van der Waals surface area (Å²) in [4.78, 5) is 11.0. The molecule has 20 heavy (non-hydrogen) atoms. The minimum atomic E-state index is -0.591. The van der Waals surface area contributed by atoms with E-state index < -0.39 is 5.91 Å². The van der Waals surface area contributed by atoms with Crippen molar-refractivity contribution in [3.63, 3.8) is 0 Å². The summed E-state index contributed by atoms with van der Waals surface area (Å²) in [5.41, 5.74) is 13.9. The van der Waals surface area contributed by atoms with Gasteiger partial charge in [-0.3, -0.25) is 4.79 Å². The Labute approximate surface area is 116 Å². The first-order chi connectivity index (χ1) is 9.65. The molecule has 0 bridgehead atoms. The fourth-order valence-corrected chi connectivity index (χ4v) is 2.51. The van der Waals surface area contributed by atoms with Gasteiger partial charge in [0, 0.05) is 6.04 Å². The van der Waals surface area contributed by atoms with E-state index in [9.17, 15) is 4.79 Å². The molecule has 0 radical (unpaired) electrons. The summed E-state index contributed by atoms with van der Waals surface area (Å²) in [5, 5.41) is 11.0. The van der Waals surface area contributed by atoms with E-state index >= 15 is 0 Å². The summed E-state index contributed by atoms with van der Waals surface area (Å²) in [7, 11) is 0. The lowest BCUT2D eigenvalue weighted by molar-refractivity contribution is 0.0994. The van der Waals surface area contributed by atoms with Crippen molar-refractivity contribution in [1.29, 1.82) is 0 Å². The molecule has 1 amide bonds. The number of amides is 1. The summed E-state index contributed by atoms with van der Waals surface area (Å²) in [6.45, 7) is 0. The Morgan fingerprint density at radius 1 is 1.20 bits per heavy atom. The van der Waals surface area contributed by atoms with E-state index in [1.807, 2.05) is 12.1 Å². The van der Waals surface area contributed by atoms with Crippen LogP contribution in [-0.2, 0) is 6.42 Å². The smallest absolute Gasteiger partial charge is 0.269 e. The number of nitrogens with two attached hydrogens (primary N) is 2. The molecule has 1 heterocycles. The van der Waals surface area contributed by atoms with Crippen molar-refractivity contribution in [2.24, 2.45) is 11.5 Å². The van der Waals surface area contributed by atoms with Crippen LogP contribution in [0.4, 0.5) is 5.82 Å². The second kappa shape index (κ2) is 4.90. The molecule has 0 aliphatic heterocycles. The highest BCUT2D eigenvalue weighted by atomic mass is 16.1. The fourth-order valence-electron chi connectivity index (χ4n) is 2.51. The van der Waals surface area contributed by atoms with Gasteiger partial charge in [0.05, 0.1) is 6.04 Å². The van der Waals surface area contributed by atoms with Gasteiger partial charge < -0.3 is 16.8 Å². The van der Waals surface area contributed by atoms with E-state index in [1.165, 1.54) is 11.1 Å². The number of fused-ring (bicyclic) bond motifs is 1. The minimum Gasteiger partial charge on any atom is -0.364 e. The third-order valence-electron chi connectivity index (χ3n) is 3.49. The lowest BCUT2D eigenvalue weighted by Crippen LogP contribution is -2.30. The molecule has 1 aromatic carbocycles. The number of carbonyl (C=O) groups excluding carboxylic acids is 1. The van der Waals surface area contributed by atoms with Gasteiger partial charge in [-0.1, -0.05) is 24.3 Å². The number of hydrogen-bond donors (Lipinski definition) is 3. The van der Waals surface area contributed by atoms with Crippen molar-refractivity contribution in [3.05, 3.63) is 53.2 Å². The number of carbonyl (C=O) groups is 1. The number of hydrogen-bond acceptors (Lipinski definition) is 5. The van der Waals surface area contributed by atoms with Crippen molar-refractivity contribution in [3.8, 4) is 0 Å². The zero-order valence-electron chi connectivity index (χ0n) is 10.8. The largest absolute Gasteiger partial charge is 0.364 e. The monoisotopic (exact) mass is 269 g/mol. The number of aromatic nitrogens is 2. The molecule has 5 N–H and O–H groups in total. The van der Waals surface area contributed by atoms with Crippen LogP contribution in [0.1, 0.15) is 27.7 Å². The van der Waals surface area contributed by atoms with Crippen LogP contribution in [0.25, 0.3) is 0 Å². The SMILES string of the molecule is NC(=O)c1ccc(NC2c3ccccc3CC2N)nn1. The van der Waals surface area contributed by atoms with Gasteiger partial charge in [-0.25, -0.2) is 0 Å². The predicted octanol–water partition coefficient (Wildman–Crippen LogP) is 0.612. The predicted molar refractivity (Wildman–Crippen MR) is 75.0 cm³/mol. The van der Waals surface area contributed by atoms with Crippen molar-refractivity contribution < 1.29 is 4.79 Å². The molecule has 0 spiro atoms. The zero-order valence-corrected chi connectivity index (χ0v) is 10.8. The molecule has 6 heteroatoms. The molecule has 1 aliphatic carbocycles. The summed E-state index contributed by atoms with van der Waals surface area (Å²) in [6.07, 6.45) is 0.834. The molecular formula is C14H15N5O. The van der Waals surface area contributed by atoms with Crippen LogP contribution < -0.4 is 16.8 Å². The van der Waals surface area contributed by atoms with E-state index in [4.69, 9.17) is 11.5 Å². The van der Waals surface area contributed by atoms with Crippen LogP contribution in [-0.4, -0.2) is 22.1 Å². The number of nitrogens with zero attached hydrogens (tertiary/aromatic N) is 2. The second-order valence-electron chi connectivity index (χ2n) is 4.86. The highest BCUT2D eigenvalue weighted by Gasteiger charge is 2.29. The maximum atomic E-state index is 11.0. The summed E-state index contributed by atoms with van der Waals surface area (Å²) in [6, 6.07) is 11.4. The van der Waals surface area contributed by atoms with Gasteiger partial charge >= 0.3 is 0 Å². The van der Waals surface area contributed by atoms with Crippen LogP contribution in [0.15, 0.2) is 36.4 Å². The first-order valence-corrected chi connectivity index (χ1v) is 6.38. The molecule has 0 saturated carbocycles. The Morgan fingerprint density at radius 2 is 2.00 bits per heavy atom. The summed E-state index contributed by atoms with van der Waals surface area (Å²) >= 11 is 0. The van der Waals surface area contributed by atoms with Crippen LogP contribution in [0.3, 0.4) is 0 Å². The van der Waals surface area contributed by atoms with Crippen molar-refractivity contribution in [2.75, 3.05) is 5.32 Å². The molecule has 6 nitrogen and oxygen atoms in total. The number of primary amides is 1. The number of anilines is 1. The lowest BCUT2D eigenvalue weighted by atomic mass is 10.1. The molecule has 102 valence electrons. The minimum absolute atomic E-state index is 0.0000666. The van der Waals surface area contributed by atoms with E-state index in [-0.39, 0.29) is 17.8 Å². The second-order valence-corrected chi connectivity index (χ2v) is 4.86. The van der Waals surface area contributed by atoms with Crippen LogP contribution >= 0.6 is 0 Å². The van der Waals surface area contributed by atoms with E-state index in [0.717, 1.165) is 6.42 Å².